The van der Waals surface area contributed by atoms with Gasteiger partial charge in [0.25, 0.3) is 5.88 Å². The Hall–Kier alpha value is -2.79. The summed E-state index contributed by atoms with van der Waals surface area (Å²) in [5, 5.41) is 19.3. The van der Waals surface area contributed by atoms with E-state index in [2.05, 4.69) is 9.97 Å². The first-order valence-corrected chi connectivity index (χ1v) is 5.43. The lowest BCUT2D eigenvalue weighted by Crippen LogP contribution is -1.98. The van der Waals surface area contributed by atoms with E-state index in [1.807, 2.05) is 0 Å². The Morgan fingerprint density at radius 2 is 2.25 bits per heavy atom. The largest absolute Gasteiger partial charge is 0.429 e. The van der Waals surface area contributed by atoms with E-state index >= 15 is 0 Å². The first kappa shape index (κ1) is 13.6. The fourth-order valence-corrected chi connectivity index (χ4v) is 1.45. The normalized spacial score (nSPS) is 9.85. The molecule has 0 bridgehead atoms. The number of rotatable bonds is 3. The number of nitrogens with zero attached hydrogens (tertiary/aromatic N) is 4. The van der Waals surface area contributed by atoms with Gasteiger partial charge in [-0.1, -0.05) is 0 Å². The van der Waals surface area contributed by atoms with Crippen molar-refractivity contribution in [3.05, 3.63) is 51.2 Å². The number of nitro groups is 1. The van der Waals surface area contributed by atoms with Crippen molar-refractivity contribution in [1.29, 1.82) is 5.26 Å². The number of nitriles is 1. The third kappa shape index (κ3) is 2.78. The van der Waals surface area contributed by atoms with Gasteiger partial charge in [-0.05, 0) is 23.7 Å². The average molecular weight is 295 g/mol. The van der Waals surface area contributed by atoms with E-state index in [9.17, 15) is 14.5 Å². The van der Waals surface area contributed by atoms with E-state index in [0.29, 0.717) is 0 Å². The number of aromatic nitrogens is 2. The molecule has 0 saturated carbocycles. The number of ether oxygens (including phenoxy) is 1. The molecule has 100 valence electrons. The van der Waals surface area contributed by atoms with Crippen molar-refractivity contribution in [2.24, 2.45) is 0 Å². The van der Waals surface area contributed by atoms with Crippen molar-refractivity contribution in [3.8, 4) is 17.7 Å². The van der Waals surface area contributed by atoms with Crippen LogP contribution in [0.3, 0.4) is 0 Å². The summed E-state index contributed by atoms with van der Waals surface area (Å²) in [5.41, 5.74) is -0.413. The molecular weight excluding hydrogens is 291 g/mol. The lowest BCUT2D eigenvalue weighted by atomic mass is 10.2. The summed E-state index contributed by atoms with van der Waals surface area (Å²) in [6, 6.07) is 5.23. The summed E-state index contributed by atoms with van der Waals surface area (Å²) in [7, 11) is 0. The number of hydrogen-bond acceptors (Lipinski definition) is 6. The van der Waals surface area contributed by atoms with Gasteiger partial charge in [-0.25, -0.2) is 4.98 Å². The van der Waals surface area contributed by atoms with Crippen molar-refractivity contribution in [2.75, 3.05) is 0 Å². The lowest BCUT2D eigenvalue weighted by molar-refractivity contribution is -0.385. The highest BCUT2D eigenvalue weighted by Gasteiger charge is 2.19. The summed E-state index contributed by atoms with van der Waals surface area (Å²) in [5.74, 6) is -1.73. The Labute approximate surface area is 116 Å². The lowest BCUT2D eigenvalue weighted by Gasteiger charge is -2.06. The number of hydrogen-bond donors (Lipinski definition) is 0. The van der Waals surface area contributed by atoms with Crippen LogP contribution in [0.5, 0.6) is 11.6 Å². The van der Waals surface area contributed by atoms with Crippen LogP contribution < -0.4 is 4.74 Å². The van der Waals surface area contributed by atoms with Gasteiger partial charge < -0.3 is 4.74 Å². The minimum Gasteiger partial charge on any atom is -0.429 e. The Morgan fingerprint density at radius 1 is 1.50 bits per heavy atom. The van der Waals surface area contributed by atoms with Crippen LogP contribution >= 0.6 is 11.6 Å². The first-order chi connectivity index (χ1) is 9.51. The second-order valence-electron chi connectivity index (χ2n) is 3.45. The maximum atomic E-state index is 13.4. The zero-order valence-electron chi connectivity index (χ0n) is 9.58. The molecule has 0 saturated heterocycles. The fraction of sp³-hybridized carbons (Fsp3) is 0. The highest BCUT2D eigenvalue weighted by atomic mass is 35.5. The summed E-state index contributed by atoms with van der Waals surface area (Å²) in [4.78, 5) is 17.0. The van der Waals surface area contributed by atoms with Gasteiger partial charge in [0.05, 0.1) is 22.8 Å². The van der Waals surface area contributed by atoms with Gasteiger partial charge in [0.15, 0.2) is 0 Å². The van der Waals surface area contributed by atoms with Gasteiger partial charge in [0.2, 0.25) is 16.9 Å². The molecule has 0 radical (unpaired) electrons. The molecule has 2 aromatic rings. The number of nitro benzene ring substituents is 1. The molecule has 9 heteroatoms. The van der Waals surface area contributed by atoms with Crippen molar-refractivity contribution < 1.29 is 14.1 Å². The van der Waals surface area contributed by atoms with Gasteiger partial charge in [0, 0.05) is 6.07 Å². The Kier molecular flexibility index (Phi) is 3.72. The van der Waals surface area contributed by atoms with Crippen molar-refractivity contribution in [3.63, 3.8) is 0 Å². The molecule has 0 atom stereocenters. The summed E-state index contributed by atoms with van der Waals surface area (Å²) in [6.45, 7) is 0. The second-order valence-corrected chi connectivity index (χ2v) is 3.78. The zero-order valence-corrected chi connectivity index (χ0v) is 10.3. The van der Waals surface area contributed by atoms with Crippen LogP contribution in [0.1, 0.15) is 5.56 Å². The molecule has 7 nitrogen and oxygen atoms in total. The molecular formula is C11H4ClFN4O3. The maximum Gasteiger partial charge on any atom is 0.312 e. The van der Waals surface area contributed by atoms with E-state index in [0.717, 1.165) is 12.3 Å². The predicted octanol–water partition coefficient (Wildman–Crippen LogP) is 2.84. The highest BCUT2D eigenvalue weighted by molar-refractivity contribution is 6.28. The summed E-state index contributed by atoms with van der Waals surface area (Å²) in [6.07, 6.45) is 0.778. The molecule has 0 amide bonds. The van der Waals surface area contributed by atoms with Crippen LogP contribution in [0, 0.1) is 27.3 Å². The van der Waals surface area contributed by atoms with Gasteiger partial charge >= 0.3 is 5.69 Å². The highest BCUT2D eigenvalue weighted by Crippen LogP contribution is 2.32. The Morgan fingerprint density at radius 3 is 2.90 bits per heavy atom. The van der Waals surface area contributed by atoms with Gasteiger partial charge in [-0.15, -0.1) is 0 Å². The summed E-state index contributed by atoms with van der Waals surface area (Å²) < 4.78 is 18.4. The fourth-order valence-electron chi connectivity index (χ4n) is 1.32. The first-order valence-electron chi connectivity index (χ1n) is 5.05. The van der Waals surface area contributed by atoms with Gasteiger partial charge in [0.1, 0.15) is 0 Å². The van der Waals surface area contributed by atoms with Crippen LogP contribution in [0.25, 0.3) is 0 Å². The van der Waals surface area contributed by atoms with E-state index < -0.39 is 22.3 Å². The standard InChI is InChI=1S/C11H4ClFN4O3/c12-11-15-5-7(13)10(16-11)20-9-2-1-6(4-14)3-8(9)17(18)19/h1-3,5H. The van der Waals surface area contributed by atoms with E-state index in [4.69, 9.17) is 21.6 Å². The Bertz CT molecular complexity index is 732. The molecule has 0 unspecified atom stereocenters. The quantitative estimate of drug-likeness (QED) is 0.490. The van der Waals surface area contributed by atoms with E-state index in [1.54, 1.807) is 6.07 Å². The molecule has 0 fully saturated rings. The molecule has 0 aliphatic carbocycles. The van der Waals surface area contributed by atoms with Crippen LogP contribution in [0.4, 0.5) is 10.1 Å². The molecule has 0 spiro atoms. The van der Waals surface area contributed by atoms with Gasteiger partial charge in [-0.3, -0.25) is 10.1 Å². The van der Waals surface area contributed by atoms with Crippen molar-refractivity contribution >= 4 is 17.3 Å². The molecule has 20 heavy (non-hydrogen) atoms. The predicted molar refractivity (Wildman–Crippen MR) is 64.9 cm³/mol. The number of halogens is 2. The summed E-state index contributed by atoms with van der Waals surface area (Å²) >= 11 is 5.49. The Balaban J connectivity index is 2.46. The van der Waals surface area contributed by atoms with E-state index in [-0.39, 0.29) is 16.6 Å². The molecule has 1 heterocycles. The SMILES string of the molecule is N#Cc1ccc(Oc2nc(Cl)ncc2F)c([N+](=O)[O-])c1. The van der Waals surface area contributed by atoms with Crippen LogP contribution in [0.15, 0.2) is 24.4 Å². The molecule has 0 N–H and O–H groups in total. The minimum absolute atomic E-state index is 0.0743. The smallest absolute Gasteiger partial charge is 0.312 e. The maximum absolute atomic E-state index is 13.4. The van der Waals surface area contributed by atoms with Gasteiger partial charge in [-0.2, -0.15) is 14.6 Å². The molecule has 1 aromatic carbocycles. The minimum atomic E-state index is -0.923. The molecule has 2 rings (SSSR count). The van der Waals surface area contributed by atoms with E-state index in [1.165, 1.54) is 12.1 Å². The monoisotopic (exact) mass is 294 g/mol. The molecule has 0 aliphatic rings. The van der Waals surface area contributed by atoms with Crippen LogP contribution in [0.2, 0.25) is 5.28 Å². The van der Waals surface area contributed by atoms with Crippen LogP contribution in [-0.4, -0.2) is 14.9 Å². The van der Waals surface area contributed by atoms with Crippen molar-refractivity contribution in [2.45, 2.75) is 0 Å². The number of benzene rings is 1. The average Bonchev–Trinajstić information content (AvgIpc) is 2.43. The van der Waals surface area contributed by atoms with Crippen molar-refractivity contribution in [1.82, 2.24) is 9.97 Å². The second kappa shape index (κ2) is 5.46. The molecule has 0 aliphatic heterocycles. The van der Waals surface area contributed by atoms with Crippen LogP contribution in [-0.2, 0) is 0 Å². The zero-order chi connectivity index (χ0) is 14.7. The molecule has 1 aromatic heterocycles. The third-order valence-electron chi connectivity index (χ3n) is 2.17. The third-order valence-corrected chi connectivity index (χ3v) is 2.36. The topological polar surface area (TPSA) is 102 Å².